The molecule has 3 saturated heterocycles. The maximum Gasteiger partial charge on any atom is 0.166 e. The largest absolute Gasteiger partial charge is 0.486 e. The lowest BCUT2D eigenvalue weighted by Gasteiger charge is -2.31. The minimum absolute atomic E-state index is 0.0197. The van der Waals surface area contributed by atoms with Crippen LogP contribution >= 0.6 is 23.2 Å². The van der Waals surface area contributed by atoms with Crippen LogP contribution in [0.2, 0.25) is 10.0 Å². The van der Waals surface area contributed by atoms with Gasteiger partial charge in [-0.05, 0) is 43.9 Å². The Kier molecular flexibility index (Phi) is 5.85. The topological polar surface area (TPSA) is 77.5 Å². The average molecular weight is 505 g/mol. The Morgan fingerprint density at radius 2 is 1.74 bits per heavy atom. The fraction of sp³-hybridized carbons (Fsp3) is 0.417. The van der Waals surface area contributed by atoms with E-state index in [0.717, 1.165) is 12.8 Å². The van der Waals surface area contributed by atoms with Crippen molar-refractivity contribution >= 4 is 45.6 Å². The molecule has 2 aromatic carbocycles. The van der Waals surface area contributed by atoms with E-state index < -0.39 is 5.82 Å². The molecule has 2 bridgehead atoms. The van der Waals surface area contributed by atoms with Crippen molar-refractivity contribution in [3.8, 4) is 11.5 Å². The number of anilines is 2. The number of rotatable bonds is 6. The van der Waals surface area contributed by atoms with Crippen molar-refractivity contribution in [2.45, 2.75) is 50.0 Å². The van der Waals surface area contributed by atoms with Crippen LogP contribution in [0.5, 0.6) is 11.5 Å². The first-order valence-corrected chi connectivity index (χ1v) is 12.2. The van der Waals surface area contributed by atoms with Crippen molar-refractivity contribution in [2.24, 2.45) is 0 Å². The molecule has 3 aromatic rings. The van der Waals surface area contributed by atoms with E-state index in [1.807, 2.05) is 12.1 Å². The molecule has 0 aliphatic carbocycles. The monoisotopic (exact) mass is 504 g/mol. The van der Waals surface area contributed by atoms with Crippen LogP contribution in [0.3, 0.4) is 0 Å². The van der Waals surface area contributed by atoms with Gasteiger partial charge in [0.2, 0.25) is 0 Å². The molecule has 3 atom stereocenters. The van der Waals surface area contributed by atoms with Gasteiger partial charge in [-0.25, -0.2) is 14.4 Å². The van der Waals surface area contributed by atoms with Gasteiger partial charge < -0.3 is 24.8 Å². The summed E-state index contributed by atoms with van der Waals surface area (Å²) in [5.74, 6) is 1.03. The molecule has 178 valence electrons. The molecule has 10 heteroatoms. The van der Waals surface area contributed by atoms with Crippen LogP contribution in [0, 0.1) is 5.82 Å². The third-order valence-electron chi connectivity index (χ3n) is 6.61. The quantitative estimate of drug-likeness (QED) is 0.443. The molecule has 0 saturated carbocycles. The summed E-state index contributed by atoms with van der Waals surface area (Å²) in [6, 6.07) is 7.75. The third-order valence-corrected chi connectivity index (χ3v) is 7.39. The molecule has 3 aliphatic rings. The standard InChI is InChI=1S/C24H23Cl2FN4O3/c25-17-3-4-18(23(27)22(17)26)31-24-16-7-20(33-14-5-12-1-2-13(6-14)30-12)21(34-15-9-32-10-15)8-19(16)28-11-29-24/h3-4,7-8,11-15,30H,1-2,5-6,9-10H2,(H,28,29,31)/t12-,13+,14?. The molecule has 4 heterocycles. The Hall–Kier alpha value is -2.39. The number of fused-ring (bicyclic) bond motifs is 3. The number of aromatic nitrogens is 2. The summed E-state index contributed by atoms with van der Waals surface area (Å²) < 4.78 is 32.6. The summed E-state index contributed by atoms with van der Waals surface area (Å²) in [6.45, 7) is 1.09. The van der Waals surface area contributed by atoms with Gasteiger partial charge >= 0.3 is 0 Å². The zero-order valence-electron chi connectivity index (χ0n) is 18.2. The number of nitrogens with one attached hydrogen (secondary N) is 2. The van der Waals surface area contributed by atoms with Crippen LogP contribution < -0.4 is 20.1 Å². The molecule has 1 unspecified atom stereocenters. The van der Waals surface area contributed by atoms with E-state index >= 15 is 0 Å². The fourth-order valence-corrected chi connectivity index (χ4v) is 5.15. The van der Waals surface area contributed by atoms with Crippen molar-refractivity contribution in [1.29, 1.82) is 0 Å². The van der Waals surface area contributed by atoms with Crippen LogP contribution in [0.1, 0.15) is 25.7 Å². The van der Waals surface area contributed by atoms with E-state index in [0.29, 0.717) is 53.5 Å². The van der Waals surface area contributed by atoms with Crippen molar-refractivity contribution < 1.29 is 18.6 Å². The summed E-state index contributed by atoms with van der Waals surface area (Å²) in [5.41, 5.74) is 0.810. The number of ether oxygens (including phenoxy) is 3. The van der Waals surface area contributed by atoms with Crippen molar-refractivity contribution in [3.63, 3.8) is 0 Å². The number of piperidine rings is 1. The van der Waals surface area contributed by atoms with E-state index in [1.165, 1.54) is 31.3 Å². The SMILES string of the molecule is Fc1c(Nc2ncnc3cc(OC4COC4)c(OC4C[C@H]5CC[C@@H](C4)N5)cc23)ccc(Cl)c1Cl. The Bertz CT molecular complexity index is 1230. The summed E-state index contributed by atoms with van der Waals surface area (Å²) >= 11 is 11.9. The summed E-state index contributed by atoms with van der Waals surface area (Å²) in [7, 11) is 0. The normalized spacial score (nSPS) is 24.1. The maximum absolute atomic E-state index is 14.7. The molecule has 1 aromatic heterocycles. The van der Waals surface area contributed by atoms with Gasteiger partial charge in [0.1, 0.15) is 24.4 Å². The van der Waals surface area contributed by atoms with Crippen molar-refractivity contribution in [2.75, 3.05) is 18.5 Å². The van der Waals surface area contributed by atoms with E-state index in [2.05, 4.69) is 20.6 Å². The molecule has 3 aliphatic heterocycles. The van der Waals surface area contributed by atoms with E-state index in [9.17, 15) is 4.39 Å². The number of hydrogen-bond acceptors (Lipinski definition) is 7. The van der Waals surface area contributed by atoms with Crippen LogP contribution in [0.15, 0.2) is 30.6 Å². The predicted molar refractivity (Wildman–Crippen MR) is 128 cm³/mol. The van der Waals surface area contributed by atoms with E-state index in [-0.39, 0.29) is 27.9 Å². The second kappa shape index (κ2) is 9.00. The lowest BCUT2D eigenvalue weighted by Crippen LogP contribution is -2.42. The summed E-state index contributed by atoms with van der Waals surface area (Å²) in [5, 5.41) is 7.34. The highest BCUT2D eigenvalue weighted by Crippen LogP contribution is 2.39. The Labute approximate surface area is 205 Å². The first-order valence-electron chi connectivity index (χ1n) is 11.4. The van der Waals surface area contributed by atoms with E-state index in [1.54, 1.807) is 0 Å². The molecule has 6 rings (SSSR count). The zero-order chi connectivity index (χ0) is 23.2. The number of nitrogens with zero attached hydrogens (tertiary/aromatic N) is 2. The summed E-state index contributed by atoms with van der Waals surface area (Å²) in [6.07, 6.45) is 5.75. The first kappa shape index (κ1) is 22.1. The van der Waals surface area contributed by atoms with Crippen LogP contribution in [0.4, 0.5) is 15.9 Å². The smallest absolute Gasteiger partial charge is 0.166 e. The molecule has 7 nitrogen and oxygen atoms in total. The Balaban J connectivity index is 1.36. The molecule has 0 radical (unpaired) electrons. The van der Waals surface area contributed by atoms with Gasteiger partial charge in [0.25, 0.3) is 0 Å². The van der Waals surface area contributed by atoms with Crippen molar-refractivity contribution in [3.05, 3.63) is 46.5 Å². The lowest BCUT2D eigenvalue weighted by molar-refractivity contribution is -0.0807. The maximum atomic E-state index is 14.7. The highest BCUT2D eigenvalue weighted by atomic mass is 35.5. The van der Waals surface area contributed by atoms with Gasteiger partial charge in [-0.3, -0.25) is 0 Å². The Morgan fingerprint density at radius 1 is 1.00 bits per heavy atom. The minimum atomic E-state index is -0.646. The molecule has 0 spiro atoms. The van der Waals surface area contributed by atoms with Crippen LogP contribution in [0.25, 0.3) is 10.9 Å². The molecule has 2 N–H and O–H groups in total. The molecule has 0 amide bonds. The van der Waals surface area contributed by atoms with Crippen LogP contribution in [-0.4, -0.2) is 47.5 Å². The molecule has 3 fully saturated rings. The van der Waals surface area contributed by atoms with Crippen LogP contribution in [-0.2, 0) is 4.74 Å². The van der Waals surface area contributed by atoms with Gasteiger partial charge in [-0.2, -0.15) is 0 Å². The van der Waals surface area contributed by atoms with Gasteiger partial charge in [-0.1, -0.05) is 23.2 Å². The second-order valence-electron chi connectivity index (χ2n) is 9.01. The summed E-state index contributed by atoms with van der Waals surface area (Å²) in [4.78, 5) is 8.75. The fourth-order valence-electron chi connectivity index (χ4n) is 4.84. The molecular formula is C24H23Cl2FN4O3. The predicted octanol–water partition coefficient (Wildman–Crippen LogP) is 5.26. The van der Waals surface area contributed by atoms with Gasteiger partial charge in [0.15, 0.2) is 17.3 Å². The zero-order valence-corrected chi connectivity index (χ0v) is 19.7. The number of halogens is 3. The Morgan fingerprint density at radius 3 is 2.47 bits per heavy atom. The third kappa shape index (κ3) is 4.24. The van der Waals surface area contributed by atoms with E-state index in [4.69, 9.17) is 37.4 Å². The second-order valence-corrected chi connectivity index (χ2v) is 9.80. The number of benzene rings is 2. The highest BCUT2D eigenvalue weighted by Gasteiger charge is 2.35. The number of hydrogen-bond donors (Lipinski definition) is 2. The van der Waals surface area contributed by atoms with Crippen molar-refractivity contribution in [1.82, 2.24) is 15.3 Å². The minimum Gasteiger partial charge on any atom is -0.486 e. The lowest BCUT2D eigenvalue weighted by atomic mass is 10.0. The highest BCUT2D eigenvalue weighted by molar-refractivity contribution is 6.42. The first-order chi connectivity index (χ1) is 16.5. The van der Waals surface area contributed by atoms with Gasteiger partial charge in [0, 0.05) is 23.5 Å². The van der Waals surface area contributed by atoms with Gasteiger partial charge in [0.05, 0.1) is 34.5 Å². The molecular weight excluding hydrogens is 482 g/mol. The average Bonchev–Trinajstić information content (AvgIpc) is 3.15. The molecule has 34 heavy (non-hydrogen) atoms. The van der Waals surface area contributed by atoms with Gasteiger partial charge in [-0.15, -0.1) is 0 Å².